The highest BCUT2D eigenvalue weighted by Gasteiger charge is 2.31. The Morgan fingerprint density at radius 2 is 2.18 bits per heavy atom. The molecule has 1 aliphatic rings. The first-order valence-corrected chi connectivity index (χ1v) is 6.65. The van der Waals surface area contributed by atoms with E-state index in [1.165, 1.54) is 6.07 Å². The average molecular weight is 301 g/mol. The Labute approximate surface area is 110 Å². The summed E-state index contributed by atoms with van der Waals surface area (Å²) in [5.41, 5.74) is 0.710. The maximum absolute atomic E-state index is 14.0. The highest BCUT2D eigenvalue weighted by molar-refractivity contribution is 9.10. The van der Waals surface area contributed by atoms with E-state index in [2.05, 4.69) is 46.9 Å². The first-order chi connectivity index (χ1) is 7.89. The Kier molecular flexibility index (Phi) is 3.46. The van der Waals surface area contributed by atoms with Gasteiger partial charge in [-0.15, -0.1) is 0 Å². The number of benzene rings is 1. The van der Waals surface area contributed by atoms with E-state index in [1.54, 1.807) is 0 Å². The number of rotatable bonds is 1. The van der Waals surface area contributed by atoms with Gasteiger partial charge in [0.2, 0.25) is 0 Å². The number of hydrogen-bond acceptors (Lipinski definition) is 2. The third kappa shape index (κ3) is 2.80. The van der Waals surface area contributed by atoms with Crippen molar-refractivity contribution < 1.29 is 4.39 Å². The molecule has 0 saturated carbocycles. The Bertz CT molecular complexity index is 420. The molecule has 0 radical (unpaired) electrons. The van der Waals surface area contributed by atoms with Crippen LogP contribution >= 0.6 is 15.9 Å². The van der Waals surface area contributed by atoms with Crippen molar-refractivity contribution in [2.45, 2.75) is 32.4 Å². The minimum Gasteiger partial charge on any atom is -0.363 e. The van der Waals surface area contributed by atoms with Crippen LogP contribution < -0.4 is 10.2 Å². The smallest absolute Gasteiger partial charge is 0.147 e. The van der Waals surface area contributed by atoms with Crippen molar-refractivity contribution in [3.63, 3.8) is 0 Å². The minimum absolute atomic E-state index is 0.0199. The Morgan fingerprint density at radius 3 is 2.82 bits per heavy atom. The topological polar surface area (TPSA) is 15.3 Å². The van der Waals surface area contributed by atoms with Gasteiger partial charge in [-0.05, 0) is 39.0 Å². The molecular weight excluding hydrogens is 283 g/mol. The normalized spacial score (nSPS) is 23.8. The monoisotopic (exact) mass is 300 g/mol. The predicted molar refractivity (Wildman–Crippen MR) is 73.0 cm³/mol. The molecule has 0 amide bonds. The summed E-state index contributed by atoms with van der Waals surface area (Å²) < 4.78 is 14.7. The lowest BCUT2D eigenvalue weighted by Crippen LogP contribution is -2.61. The second-order valence-electron chi connectivity index (χ2n) is 5.34. The van der Waals surface area contributed by atoms with Crippen LogP contribution in [0, 0.1) is 5.82 Å². The molecule has 17 heavy (non-hydrogen) atoms. The quantitative estimate of drug-likeness (QED) is 0.857. The van der Waals surface area contributed by atoms with E-state index in [4.69, 9.17) is 0 Å². The third-order valence-electron chi connectivity index (χ3n) is 3.19. The van der Waals surface area contributed by atoms with E-state index >= 15 is 0 Å². The van der Waals surface area contributed by atoms with E-state index in [0.717, 1.165) is 17.6 Å². The second kappa shape index (κ2) is 4.58. The van der Waals surface area contributed by atoms with Crippen LogP contribution in [-0.2, 0) is 0 Å². The van der Waals surface area contributed by atoms with Gasteiger partial charge in [-0.1, -0.05) is 15.9 Å². The lowest BCUT2D eigenvalue weighted by Gasteiger charge is -2.44. The van der Waals surface area contributed by atoms with Crippen molar-refractivity contribution in [2.75, 3.05) is 18.0 Å². The zero-order valence-corrected chi connectivity index (χ0v) is 12.0. The summed E-state index contributed by atoms with van der Waals surface area (Å²) in [6.07, 6.45) is 0. The van der Waals surface area contributed by atoms with E-state index in [1.807, 2.05) is 12.1 Å². The second-order valence-corrected chi connectivity index (χ2v) is 6.25. The van der Waals surface area contributed by atoms with Crippen molar-refractivity contribution in [3.05, 3.63) is 28.5 Å². The molecule has 0 aliphatic carbocycles. The molecule has 1 saturated heterocycles. The number of hydrogen-bond donors (Lipinski definition) is 1. The van der Waals surface area contributed by atoms with Gasteiger partial charge in [0, 0.05) is 29.1 Å². The molecule has 0 aromatic heterocycles. The molecular formula is C13H18BrFN2. The van der Waals surface area contributed by atoms with Crippen LogP contribution in [0.3, 0.4) is 0 Å². The van der Waals surface area contributed by atoms with Gasteiger partial charge < -0.3 is 10.2 Å². The van der Waals surface area contributed by atoms with Crippen molar-refractivity contribution in [1.29, 1.82) is 0 Å². The first-order valence-electron chi connectivity index (χ1n) is 5.86. The number of nitrogens with one attached hydrogen (secondary N) is 1. The lowest BCUT2D eigenvalue weighted by atomic mass is 9.98. The number of halogens is 2. The fourth-order valence-corrected chi connectivity index (χ4v) is 2.54. The Balaban J connectivity index is 2.31. The summed E-state index contributed by atoms with van der Waals surface area (Å²) in [5.74, 6) is -0.163. The largest absolute Gasteiger partial charge is 0.363 e. The van der Waals surface area contributed by atoms with Gasteiger partial charge in [-0.25, -0.2) is 4.39 Å². The Morgan fingerprint density at radius 1 is 1.47 bits per heavy atom. The molecule has 1 fully saturated rings. The molecule has 0 bridgehead atoms. The van der Waals surface area contributed by atoms with Gasteiger partial charge in [0.25, 0.3) is 0 Å². The molecule has 4 heteroatoms. The lowest BCUT2D eigenvalue weighted by molar-refractivity contribution is 0.316. The summed E-state index contributed by atoms with van der Waals surface area (Å²) >= 11 is 3.29. The summed E-state index contributed by atoms with van der Waals surface area (Å²) in [7, 11) is 0. The van der Waals surface area contributed by atoms with Crippen molar-refractivity contribution >= 4 is 21.6 Å². The fraction of sp³-hybridized carbons (Fsp3) is 0.538. The van der Waals surface area contributed by atoms with Crippen LogP contribution in [0.4, 0.5) is 10.1 Å². The van der Waals surface area contributed by atoms with E-state index in [9.17, 15) is 4.39 Å². The summed E-state index contributed by atoms with van der Waals surface area (Å²) in [4.78, 5) is 2.14. The third-order valence-corrected chi connectivity index (χ3v) is 3.69. The van der Waals surface area contributed by atoms with Crippen LogP contribution in [0.15, 0.2) is 22.7 Å². The highest BCUT2D eigenvalue weighted by Crippen LogP contribution is 2.28. The number of piperazine rings is 1. The van der Waals surface area contributed by atoms with Gasteiger partial charge in [-0.3, -0.25) is 0 Å². The molecule has 2 rings (SSSR count). The highest BCUT2D eigenvalue weighted by atomic mass is 79.9. The van der Waals surface area contributed by atoms with Crippen LogP contribution in [0.1, 0.15) is 20.8 Å². The van der Waals surface area contributed by atoms with Crippen LogP contribution in [0.5, 0.6) is 0 Å². The standard InChI is InChI=1S/C13H18BrFN2/c1-9-7-16-13(2,3)8-17(9)12-5-4-10(14)6-11(12)15/h4-6,9,16H,7-8H2,1-3H3. The molecule has 0 spiro atoms. The summed E-state index contributed by atoms with van der Waals surface area (Å²) in [6, 6.07) is 5.56. The molecule has 1 heterocycles. The molecule has 1 N–H and O–H groups in total. The fourth-order valence-electron chi connectivity index (χ4n) is 2.21. The molecule has 1 atom stereocenters. The van der Waals surface area contributed by atoms with Crippen molar-refractivity contribution in [2.24, 2.45) is 0 Å². The number of nitrogens with zero attached hydrogens (tertiary/aromatic N) is 1. The van der Waals surface area contributed by atoms with Crippen LogP contribution in [-0.4, -0.2) is 24.7 Å². The van der Waals surface area contributed by atoms with Crippen molar-refractivity contribution in [1.82, 2.24) is 5.32 Å². The zero-order chi connectivity index (χ0) is 12.6. The summed E-state index contributed by atoms with van der Waals surface area (Å²) in [6.45, 7) is 8.09. The van der Waals surface area contributed by atoms with E-state index < -0.39 is 0 Å². The van der Waals surface area contributed by atoms with Gasteiger partial charge >= 0.3 is 0 Å². The van der Waals surface area contributed by atoms with E-state index in [-0.39, 0.29) is 11.4 Å². The number of anilines is 1. The van der Waals surface area contributed by atoms with Crippen molar-refractivity contribution in [3.8, 4) is 0 Å². The van der Waals surface area contributed by atoms with Gasteiger partial charge in [0.15, 0.2) is 0 Å². The SMILES string of the molecule is CC1CNC(C)(C)CN1c1ccc(Br)cc1F. The molecule has 2 nitrogen and oxygen atoms in total. The molecule has 1 aromatic rings. The molecule has 1 unspecified atom stereocenters. The van der Waals surface area contributed by atoms with Crippen LogP contribution in [0.2, 0.25) is 0 Å². The first kappa shape index (κ1) is 12.8. The van der Waals surface area contributed by atoms with Gasteiger partial charge in [0.05, 0.1) is 5.69 Å². The molecule has 94 valence electrons. The van der Waals surface area contributed by atoms with Crippen LogP contribution in [0.25, 0.3) is 0 Å². The molecule has 1 aromatic carbocycles. The zero-order valence-electron chi connectivity index (χ0n) is 10.4. The molecule has 1 aliphatic heterocycles. The Hall–Kier alpha value is -0.610. The van der Waals surface area contributed by atoms with E-state index in [0.29, 0.717) is 11.7 Å². The average Bonchev–Trinajstić information content (AvgIpc) is 2.22. The predicted octanol–water partition coefficient (Wildman–Crippen LogP) is 3.16. The maximum atomic E-state index is 14.0. The van der Waals surface area contributed by atoms with Gasteiger partial charge in [-0.2, -0.15) is 0 Å². The summed E-state index contributed by atoms with van der Waals surface area (Å²) in [5, 5.41) is 3.47. The maximum Gasteiger partial charge on any atom is 0.147 e. The minimum atomic E-state index is -0.163. The van der Waals surface area contributed by atoms with Gasteiger partial charge in [0.1, 0.15) is 5.82 Å².